The van der Waals surface area contributed by atoms with E-state index in [1.54, 1.807) is 35.8 Å². The van der Waals surface area contributed by atoms with E-state index in [9.17, 15) is 9.59 Å². The van der Waals surface area contributed by atoms with Crippen molar-refractivity contribution in [1.29, 1.82) is 0 Å². The summed E-state index contributed by atoms with van der Waals surface area (Å²) in [6.45, 7) is 4.89. The molecule has 2 amide bonds. The first-order valence-corrected chi connectivity index (χ1v) is 10.1. The van der Waals surface area contributed by atoms with Gasteiger partial charge in [0.15, 0.2) is 6.04 Å². The number of hydrogen-bond donors (Lipinski definition) is 1. The maximum Gasteiger partial charge on any atom is 0.254 e. The zero-order valence-electron chi connectivity index (χ0n) is 17.2. The fraction of sp³-hybridized carbons (Fsp3) is 0.304. The highest BCUT2D eigenvalue weighted by atomic mass is 16.2. The highest BCUT2D eigenvalue weighted by Gasteiger charge is 2.39. The van der Waals surface area contributed by atoms with Gasteiger partial charge in [0.1, 0.15) is 0 Å². The number of benzene rings is 1. The molecule has 154 valence electrons. The Bertz CT molecular complexity index is 1030. The molecule has 7 nitrogen and oxygen atoms in total. The van der Waals surface area contributed by atoms with E-state index in [0.717, 1.165) is 17.0 Å². The summed E-state index contributed by atoms with van der Waals surface area (Å²) in [6, 6.07) is 12.2. The number of rotatable bonds is 5. The molecule has 1 aromatic carbocycles. The summed E-state index contributed by atoms with van der Waals surface area (Å²) < 4.78 is 1.99. The number of carbonyl (C=O) groups excluding carboxylic acids is 2. The first kappa shape index (κ1) is 19.8. The van der Waals surface area contributed by atoms with Crippen LogP contribution >= 0.6 is 0 Å². The van der Waals surface area contributed by atoms with Crippen molar-refractivity contribution >= 4 is 11.8 Å². The normalized spacial score (nSPS) is 15.7. The van der Waals surface area contributed by atoms with E-state index in [2.05, 4.69) is 15.3 Å². The molecule has 3 heterocycles. The molecule has 0 saturated heterocycles. The molecular formula is C23H25N5O2. The van der Waals surface area contributed by atoms with Crippen LogP contribution in [0.2, 0.25) is 0 Å². The second-order valence-corrected chi connectivity index (χ2v) is 7.67. The fourth-order valence-corrected chi connectivity index (χ4v) is 3.84. The molecule has 0 aliphatic carbocycles. The lowest BCUT2D eigenvalue weighted by Crippen LogP contribution is -2.48. The highest BCUT2D eigenvalue weighted by Crippen LogP contribution is 2.32. The third kappa shape index (κ3) is 3.83. The number of aromatic nitrogens is 3. The molecule has 0 radical (unpaired) electrons. The second-order valence-electron chi connectivity index (χ2n) is 7.67. The SMILES string of the molecule is CC(C)n1cnc2c1C(C(=O)NCc1cccnc1)N(C(=O)c1ccccc1)CC2. The number of fused-ring (bicyclic) bond motifs is 1. The van der Waals surface area contributed by atoms with Crippen LogP contribution in [0.25, 0.3) is 0 Å². The molecule has 2 aromatic heterocycles. The number of pyridine rings is 1. The predicted octanol–water partition coefficient (Wildman–Crippen LogP) is 2.92. The molecule has 1 N–H and O–H groups in total. The van der Waals surface area contributed by atoms with Crippen LogP contribution in [-0.4, -0.2) is 37.8 Å². The van der Waals surface area contributed by atoms with Gasteiger partial charge in [-0.1, -0.05) is 24.3 Å². The second kappa shape index (κ2) is 8.49. The van der Waals surface area contributed by atoms with E-state index in [4.69, 9.17) is 0 Å². The van der Waals surface area contributed by atoms with Crippen molar-refractivity contribution in [2.24, 2.45) is 0 Å². The van der Waals surface area contributed by atoms with Crippen LogP contribution in [0, 0.1) is 0 Å². The third-order valence-electron chi connectivity index (χ3n) is 5.35. The zero-order chi connectivity index (χ0) is 21.1. The number of imidazole rings is 1. The lowest BCUT2D eigenvalue weighted by Gasteiger charge is -2.36. The van der Waals surface area contributed by atoms with E-state index < -0.39 is 6.04 Å². The summed E-state index contributed by atoms with van der Waals surface area (Å²) in [4.78, 5) is 37.0. The minimum Gasteiger partial charge on any atom is -0.350 e. The lowest BCUT2D eigenvalue weighted by atomic mass is 9.99. The first-order valence-electron chi connectivity index (χ1n) is 10.1. The summed E-state index contributed by atoms with van der Waals surface area (Å²) >= 11 is 0. The van der Waals surface area contributed by atoms with Crippen LogP contribution in [0.4, 0.5) is 0 Å². The Morgan fingerprint density at radius 1 is 1.17 bits per heavy atom. The molecule has 30 heavy (non-hydrogen) atoms. The van der Waals surface area contributed by atoms with Gasteiger partial charge in [-0.3, -0.25) is 14.6 Å². The van der Waals surface area contributed by atoms with Crippen molar-refractivity contribution in [3.8, 4) is 0 Å². The standard InChI is InChI=1S/C23H25N5O2/c1-16(2)28-15-26-19-10-12-27(23(30)18-8-4-3-5-9-18)21(20(19)28)22(29)25-14-17-7-6-11-24-13-17/h3-9,11,13,15-16,21H,10,12,14H2,1-2H3,(H,25,29). The molecule has 1 aliphatic heterocycles. The summed E-state index contributed by atoms with van der Waals surface area (Å²) in [7, 11) is 0. The Morgan fingerprint density at radius 3 is 2.67 bits per heavy atom. The van der Waals surface area contributed by atoms with E-state index in [-0.39, 0.29) is 17.9 Å². The molecule has 0 bridgehead atoms. The number of hydrogen-bond acceptors (Lipinski definition) is 4. The van der Waals surface area contributed by atoms with Crippen LogP contribution in [0.3, 0.4) is 0 Å². The average Bonchev–Trinajstić information content (AvgIpc) is 3.22. The maximum absolute atomic E-state index is 13.4. The van der Waals surface area contributed by atoms with Crippen LogP contribution in [0.5, 0.6) is 0 Å². The van der Waals surface area contributed by atoms with E-state index in [0.29, 0.717) is 25.1 Å². The first-order chi connectivity index (χ1) is 14.6. The van der Waals surface area contributed by atoms with Gasteiger partial charge in [0.05, 0.1) is 17.7 Å². The molecule has 3 aromatic rings. The van der Waals surface area contributed by atoms with E-state index >= 15 is 0 Å². The van der Waals surface area contributed by atoms with Gasteiger partial charge in [-0.05, 0) is 37.6 Å². The molecule has 7 heteroatoms. The number of nitrogens with zero attached hydrogens (tertiary/aromatic N) is 4. The van der Waals surface area contributed by atoms with Crippen molar-refractivity contribution in [3.63, 3.8) is 0 Å². The smallest absolute Gasteiger partial charge is 0.254 e. The van der Waals surface area contributed by atoms with E-state index in [1.807, 2.05) is 48.7 Å². The van der Waals surface area contributed by atoms with Crippen LogP contribution in [-0.2, 0) is 17.8 Å². The van der Waals surface area contributed by atoms with Crippen LogP contribution in [0.1, 0.15) is 53.2 Å². The largest absolute Gasteiger partial charge is 0.350 e. The van der Waals surface area contributed by atoms with Gasteiger partial charge in [-0.15, -0.1) is 0 Å². The summed E-state index contributed by atoms with van der Waals surface area (Å²) in [6.07, 6.45) is 5.81. The number of carbonyl (C=O) groups is 2. The molecule has 4 rings (SSSR count). The Balaban J connectivity index is 1.68. The van der Waals surface area contributed by atoms with Gasteiger partial charge < -0.3 is 14.8 Å². The van der Waals surface area contributed by atoms with Crippen molar-refractivity contribution in [1.82, 2.24) is 24.8 Å². The van der Waals surface area contributed by atoms with Crippen LogP contribution < -0.4 is 5.32 Å². The quantitative estimate of drug-likeness (QED) is 0.710. The van der Waals surface area contributed by atoms with Gasteiger partial charge in [0.25, 0.3) is 5.91 Å². The van der Waals surface area contributed by atoms with Crippen molar-refractivity contribution in [2.75, 3.05) is 6.54 Å². The monoisotopic (exact) mass is 403 g/mol. The Morgan fingerprint density at radius 2 is 1.97 bits per heavy atom. The van der Waals surface area contributed by atoms with Crippen LogP contribution in [0.15, 0.2) is 61.2 Å². The Labute approximate surface area is 175 Å². The topological polar surface area (TPSA) is 80.1 Å². The number of nitrogens with one attached hydrogen (secondary N) is 1. The van der Waals surface area contributed by atoms with Gasteiger partial charge >= 0.3 is 0 Å². The van der Waals surface area contributed by atoms with Crippen molar-refractivity contribution in [2.45, 2.75) is 38.9 Å². The summed E-state index contributed by atoms with van der Waals surface area (Å²) in [5.74, 6) is -0.370. The zero-order valence-corrected chi connectivity index (χ0v) is 17.2. The third-order valence-corrected chi connectivity index (χ3v) is 5.35. The van der Waals surface area contributed by atoms with Gasteiger partial charge in [-0.25, -0.2) is 4.98 Å². The van der Waals surface area contributed by atoms with Gasteiger partial charge in [-0.2, -0.15) is 0 Å². The fourth-order valence-electron chi connectivity index (χ4n) is 3.84. The summed E-state index contributed by atoms with van der Waals surface area (Å²) in [5.41, 5.74) is 3.15. The molecule has 0 spiro atoms. The molecule has 1 aliphatic rings. The molecule has 1 unspecified atom stereocenters. The Kier molecular flexibility index (Phi) is 5.61. The van der Waals surface area contributed by atoms with Gasteiger partial charge in [0.2, 0.25) is 5.91 Å². The Hall–Kier alpha value is -3.48. The molecule has 0 fully saturated rings. The summed E-state index contributed by atoms with van der Waals surface area (Å²) in [5, 5.41) is 2.99. The minimum absolute atomic E-state index is 0.127. The molecular weight excluding hydrogens is 378 g/mol. The van der Waals surface area contributed by atoms with Crippen molar-refractivity contribution < 1.29 is 9.59 Å². The number of amides is 2. The average molecular weight is 403 g/mol. The van der Waals surface area contributed by atoms with E-state index in [1.165, 1.54) is 0 Å². The van der Waals surface area contributed by atoms with Crippen molar-refractivity contribution in [3.05, 3.63) is 83.7 Å². The molecule has 0 saturated carbocycles. The maximum atomic E-state index is 13.4. The lowest BCUT2D eigenvalue weighted by molar-refractivity contribution is -0.126. The van der Waals surface area contributed by atoms with Gasteiger partial charge in [0, 0.05) is 43.5 Å². The highest BCUT2D eigenvalue weighted by molar-refractivity contribution is 5.98. The minimum atomic E-state index is -0.733. The molecule has 1 atom stereocenters. The predicted molar refractivity (Wildman–Crippen MR) is 113 cm³/mol.